The summed E-state index contributed by atoms with van der Waals surface area (Å²) in [5, 5.41) is 3.80. The molecule has 0 radical (unpaired) electrons. The maximum absolute atomic E-state index is 11.5. The Morgan fingerprint density at radius 3 is 2.73 bits per heavy atom. The molecule has 2 saturated heterocycles. The minimum absolute atomic E-state index is 0.00133. The third kappa shape index (κ3) is 2.52. The van der Waals surface area contributed by atoms with Gasteiger partial charge in [0.2, 0.25) is 5.91 Å². The van der Waals surface area contributed by atoms with Crippen molar-refractivity contribution in [3.05, 3.63) is 0 Å². The first kappa shape index (κ1) is 11.4. The van der Waals surface area contributed by atoms with Gasteiger partial charge in [-0.05, 0) is 12.8 Å². The van der Waals surface area contributed by atoms with Gasteiger partial charge in [0.25, 0.3) is 0 Å². The fraction of sp³-hybridized carbons (Fsp3) is 0.900. The van der Waals surface area contributed by atoms with E-state index in [1.54, 1.807) is 0 Å². The zero-order chi connectivity index (χ0) is 10.7. The smallest absolute Gasteiger partial charge is 0.233 e. The zero-order valence-electron chi connectivity index (χ0n) is 8.80. The summed E-state index contributed by atoms with van der Waals surface area (Å²) in [5.74, 6) is 0.189. The van der Waals surface area contributed by atoms with Crippen molar-refractivity contribution >= 4 is 21.8 Å². The first-order valence-corrected chi connectivity index (χ1v) is 6.56. The van der Waals surface area contributed by atoms with Crippen molar-refractivity contribution in [2.75, 3.05) is 38.1 Å². The van der Waals surface area contributed by atoms with Crippen molar-refractivity contribution in [2.45, 2.75) is 18.4 Å². The summed E-state index contributed by atoms with van der Waals surface area (Å²) < 4.78 is 5.86. The molecule has 2 fully saturated rings. The minimum atomic E-state index is 0.00133. The highest BCUT2D eigenvalue weighted by Crippen LogP contribution is 2.27. The fourth-order valence-electron chi connectivity index (χ4n) is 2.28. The molecule has 0 unspecified atom stereocenters. The number of hydrogen-bond acceptors (Lipinski definition) is 3. The SMILES string of the molecule is O=C(CBr)N1CCC2(CC1)CNCCO2. The van der Waals surface area contributed by atoms with Crippen molar-refractivity contribution in [1.82, 2.24) is 10.2 Å². The summed E-state index contributed by atoms with van der Waals surface area (Å²) in [6.45, 7) is 4.33. The molecule has 1 N–H and O–H groups in total. The van der Waals surface area contributed by atoms with Crippen LogP contribution >= 0.6 is 15.9 Å². The lowest BCUT2D eigenvalue weighted by atomic mass is 9.90. The average molecular weight is 277 g/mol. The van der Waals surface area contributed by atoms with Crippen LogP contribution in [0.5, 0.6) is 0 Å². The monoisotopic (exact) mass is 276 g/mol. The number of hydrogen-bond donors (Lipinski definition) is 1. The minimum Gasteiger partial charge on any atom is -0.372 e. The van der Waals surface area contributed by atoms with Crippen molar-refractivity contribution < 1.29 is 9.53 Å². The molecule has 2 aliphatic heterocycles. The number of carbonyl (C=O) groups excluding carboxylic acids is 1. The summed E-state index contributed by atoms with van der Waals surface area (Å²) in [4.78, 5) is 13.4. The molecule has 15 heavy (non-hydrogen) atoms. The molecule has 86 valence electrons. The van der Waals surface area contributed by atoms with Crippen molar-refractivity contribution in [3.8, 4) is 0 Å². The van der Waals surface area contributed by atoms with E-state index in [2.05, 4.69) is 21.2 Å². The van der Waals surface area contributed by atoms with E-state index in [-0.39, 0.29) is 11.5 Å². The number of morpholine rings is 1. The average Bonchev–Trinajstić information content (AvgIpc) is 2.30. The van der Waals surface area contributed by atoms with Gasteiger partial charge < -0.3 is 15.0 Å². The van der Waals surface area contributed by atoms with Crippen LogP contribution in [0.2, 0.25) is 0 Å². The fourth-order valence-corrected chi connectivity index (χ4v) is 2.63. The normalized spacial score (nSPS) is 25.5. The van der Waals surface area contributed by atoms with Crippen LogP contribution in [0.15, 0.2) is 0 Å². The number of amides is 1. The van der Waals surface area contributed by atoms with Crippen LogP contribution in [-0.4, -0.2) is 54.5 Å². The molecule has 1 spiro atoms. The molecule has 5 heteroatoms. The van der Waals surface area contributed by atoms with Gasteiger partial charge in [-0.2, -0.15) is 0 Å². The second-order valence-corrected chi connectivity index (χ2v) is 4.78. The van der Waals surface area contributed by atoms with Gasteiger partial charge in [-0.3, -0.25) is 4.79 Å². The van der Waals surface area contributed by atoms with Gasteiger partial charge in [-0.1, -0.05) is 15.9 Å². The van der Waals surface area contributed by atoms with E-state index in [9.17, 15) is 4.79 Å². The number of nitrogens with zero attached hydrogens (tertiary/aromatic N) is 1. The first-order valence-electron chi connectivity index (χ1n) is 5.44. The molecule has 0 aromatic heterocycles. The van der Waals surface area contributed by atoms with Crippen molar-refractivity contribution in [3.63, 3.8) is 0 Å². The Bertz CT molecular complexity index is 232. The lowest BCUT2D eigenvalue weighted by Crippen LogP contribution is -2.56. The molecule has 2 heterocycles. The summed E-state index contributed by atoms with van der Waals surface area (Å²) >= 11 is 3.20. The van der Waals surface area contributed by atoms with Crippen LogP contribution < -0.4 is 5.32 Å². The predicted octanol–water partition coefficient (Wildman–Crippen LogP) is 0.362. The molecule has 2 aliphatic rings. The van der Waals surface area contributed by atoms with E-state index in [0.29, 0.717) is 5.33 Å². The number of piperidine rings is 1. The first-order chi connectivity index (χ1) is 7.26. The van der Waals surface area contributed by atoms with Gasteiger partial charge in [0.15, 0.2) is 0 Å². The highest BCUT2D eigenvalue weighted by atomic mass is 79.9. The number of alkyl halides is 1. The molecular formula is C10H17BrN2O2. The van der Waals surface area contributed by atoms with E-state index in [0.717, 1.165) is 45.6 Å². The summed E-state index contributed by atoms with van der Waals surface area (Å²) in [5.41, 5.74) is 0.00133. The highest BCUT2D eigenvalue weighted by Gasteiger charge is 2.37. The van der Waals surface area contributed by atoms with Crippen LogP contribution in [0, 0.1) is 0 Å². The Morgan fingerprint density at radius 1 is 1.47 bits per heavy atom. The second kappa shape index (κ2) is 4.80. The molecule has 0 aliphatic carbocycles. The van der Waals surface area contributed by atoms with Crippen LogP contribution in [0.4, 0.5) is 0 Å². The molecule has 4 nitrogen and oxygen atoms in total. The molecule has 0 atom stereocenters. The van der Waals surface area contributed by atoms with Crippen LogP contribution in [-0.2, 0) is 9.53 Å². The molecular weight excluding hydrogens is 260 g/mol. The second-order valence-electron chi connectivity index (χ2n) is 4.22. The standard InChI is InChI=1S/C10H17BrN2O2/c11-7-9(14)13-4-1-10(2-5-13)8-12-3-6-15-10/h12H,1-8H2. The Morgan fingerprint density at radius 2 is 2.20 bits per heavy atom. The largest absolute Gasteiger partial charge is 0.372 e. The van der Waals surface area contributed by atoms with Gasteiger partial charge >= 0.3 is 0 Å². The van der Waals surface area contributed by atoms with E-state index in [1.807, 2.05) is 4.90 Å². The Hall–Kier alpha value is -0.130. The van der Waals surface area contributed by atoms with Gasteiger partial charge in [0.1, 0.15) is 0 Å². The summed E-state index contributed by atoms with van der Waals surface area (Å²) in [6, 6.07) is 0. The zero-order valence-corrected chi connectivity index (χ0v) is 10.4. The Balaban J connectivity index is 1.88. The van der Waals surface area contributed by atoms with Gasteiger partial charge in [-0.15, -0.1) is 0 Å². The van der Waals surface area contributed by atoms with Gasteiger partial charge in [-0.25, -0.2) is 0 Å². The number of likely N-dealkylation sites (tertiary alicyclic amines) is 1. The number of nitrogens with one attached hydrogen (secondary N) is 1. The molecule has 1 amide bonds. The maximum atomic E-state index is 11.5. The molecule has 2 rings (SSSR count). The van der Waals surface area contributed by atoms with Crippen LogP contribution in [0.25, 0.3) is 0 Å². The Kier molecular flexibility index (Phi) is 3.64. The Labute approximate surface area is 98.5 Å². The number of halogens is 1. The molecule has 0 saturated carbocycles. The third-order valence-electron chi connectivity index (χ3n) is 3.28. The quantitative estimate of drug-likeness (QED) is 0.704. The number of ether oxygens (including phenoxy) is 1. The topological polar surface area (TPSA) is 41.6 Å². The van der Waals surface area contributed by atoms with Gasteiger partial charge in [0, 0.05) is 26.2 Å². The van der Waals surface area contributed by atoms with E-state index in [1.165, 1.54) is 0 Å². The molecule has 0 aromatic carbocycles. The molecule has 0 aromatic rings. The number of carbonyl (C=O) groups is 1. The number of rotatable bonds is 1. The summed E-state index contributed by atoms with van der Waals surface area (Å²) in [7, 11) is 0. The lowest BCUT2D eigenvalue weighted by Gasteiger charge is -2.44. The third-order valence-corrected chi connectivity index (χ3v) is 3.76. The van der Waals surface area contributed by atoms with Crippen molar-refractivity contribution in [2.24, 2.45) is 0 Å². The maximum Gasteiger partial charge on any atom is 0.233 e. The summed E-state index contributed by atoms with van der Waals surface area (Å²) in [6.07, 6.45) is 1.91. The van der Waals surface area contributed by atoms with Gasteiger partial charge in [0.05, 0.1) is 17.5 Å². The van der Waals surface area contributed by atoms with Crippen LogP contribution in [0.1, 0.15) is 12.8 Å². The predicted molar refractivity (Wildman–Crippen MR) is 61.2 cm³/mol. The van der Waals surface area contributed by atoms with E-state index < -0.39 is 0 Å². The highest BCUT2D eigenvalue weighted by molar-refractivity contribution is 9.09. The van der Waals surface area contributed by atoms with Crippen LogP contribution in [0.3, 0.4) is 0 Å². The lowest BCUT2D eigenvalue weighted by molar-refractivity contribution is -0.137. The van der Waals surface area contributed by atoms with E-state index in [4.69, 9.17) is 4.74 Å². The van der Waals surface area contributed by atoms with Crippen molar-refractivity contribution in [1.29, 1.82) is 0 Å². The molecule has 0 bridgehead atoms. The van der Waals surface area contributed by atoms with E-state index >= 15 is 0 Å².